The monoisotopic (exact) mass is 388 g/mol. The highest BCUT2D eigenvalue weighted by Crippen LogP contribution is 2.26. The summed E-state index contributed by atoms with van der Waals surface area (Å²) in [7, 11) is 4.05. The number of carbonyl (C=O) groups excluding carboxylic acids is 1. The van der Waals surface area contributed by atoms with Crippen LogP contribution in [0.15, 0.2) is 54.5 Å². The number of ether oxygens (including phenoxy) is 5. The molecule has 0 saturated carbocycles. The topological polar surface area (TPSA) is 101 Å². The van der Waals surface area contributed by atoms with Crippen molar-refractivity contribution in [3.63, 3.8) is 0 Å². The van der Waals surface area contributed by atoms with E-state index in [-0.39, 0.29) is 23.7 Å². The minimum Gasteiger partial charge on any atom is -0.500 e. The summed E-state index contributed by atoms with van der Waals surface area (Å²) in [6.07, 6.45) is 1.03. The molecule has 2 rings (SSSR count). The number of methoxy groups -OCH3 is 3. The van der Waals surface area contributed by atoms with Crippen LogP contribution in [0.2, 0.25) is 0 Å². The largest absolute Gasteiger partial charge is 0.500 e. The fraction of sp³-hybridized carbons (Fsp3) is 0.200. The van der Waals surface area contributed by atoms with Crippen molar-refractivity contribution < 1.29 is 38.4 Å². The molecule has 148 valence electrons. The molecule has 0 unspecified atom stereocenters. The van der Waals surface area contributed by atoms with Crippen molar-refractivity contribution in [1.29, 1.82) is 0 Å². The lowest BCUT2D eigenvalue weighted by molar-refractivity contribution is -0.138. The number of hydrogen-bond acceptors (Lipinski definition) is 7. The molecule has 0 heterocycles. The lowest BCUT2D eigenvalue weighted by atomic mass is 10.1. The minimum absolute atomic E-state index is 0.0211. The van der Waals surface area contributed by atoms with Crippen LogP contribution in [0.3, 0.4) is 0 Å². The van der Waals surface area contributed by atoms with E-state index in [0.29, 0.717) is 17.1 Å². The molecule has 0 amide bonds. The van der Waals surface area contributed by atoms with Gasteiger partial charge in [0.05, 0.1) is 21.3 Å². The number of aromatic carboxylic acids is 1. The van der Waals surface area contributed by atoms with Crippen LogP contribution >= 0.6 is 0 Å². The van der Waals surface area contributed by atoms with Gasteiger partial charge in [-0.1, -0.05) is 12.1 Å². The second-order valence-corrected chi connectivity index (χ2v) is 5.37. The van der Waals surface area contributed by atoms with Crippen molar-refractivity contribution in [3.05, 3.63) is 65.6 Å². The summed E-state index contributed by atoms with van der Waals surface area (Å²) >= 11 is 0. The van der Waals surface area contributed by atoms with Gasteiger partial charge in [0.25, 0.3) is 0 Å². The first kappa shape index (κ1) is 20.6. The first-order valence-electron chi connectivity index (χ1n) is 8.11. The van der Waals surface area contributed by atoms with Gasteiger partial charge in [0.2, 0.25) is 5.76 Å². The molecule has 0 spiro atoms. The number of carboxylic acids is 1. The maximum atomic E-state index is 11.8. The van der Waals surface area contributed by atoms with Crippen molar-refractivity contribution in [2.75, 3.05) is 21.3 Å². The van der Waals surface area contributed by atoms with E-state index >= 15 is 0 Å². The van der Waals surface area contributed by atoms with Crippen LogP contribution in [0.4, 0.5) is 0 Å². The van der Waals surface area contributed by atoms with E-state index in [1.165, 1.54) is 20.3 Å². The minimum atomic E-state index is -1.23. The predicted octanol–water partition coefficient (Wildman–Crippen LogP) is 3.01. The predicted molar refractivity (Wildman–Crippen MR) is 98.5 cm³/mol. The Bertz CT molecular complexity index is 855. The average molecular weight is 388 g/mol. The van der Waals surface area contributed by atoms with Gasteiger partial charge < -0.3 is 28.8 Å². The molecule has 0 radical (unpaired) electrons. The van der Waals surface area contributed by atoms with E-state index in [1.54, 1.807) is 43.5 Å². The summed E-state index contributed by atoms with van der Waals surface area (Å²) < 4.78 is 25.5. The van der Waals surface area contributed by atoms with Crippen molar-refractivity contribution in [2.45, 2.75) is 6.61 Å². The quantitative estimate of drug-likeness (QED) is 0.397. The average Bonchev–Trinajstić information content (AvgIpc) is 2.71. The van der Waals surface area contributed by atoms with E-state index in [2.05, 4.69) is 4.74 Å². The van der Waals surface area contributed by atoms with Crippen LogP contribution < -0.4 is 14.2 Å². The normalized spacial score (nSPS) is 10.8. The number of esters is 1. The fourth-order valence-corrected chi connectivity index (χ4v) is 2.30. The van der Waals surface area contributed by atoms with Gasteiger partial charge in [0.1, 0.15) is 35.7 Å². The van der Waals surface area contributed by atoms with Crippen LogP contribution in [-0.2, 0) is 20.9 Å². The lowest BCUT2D eigenvalue weighted by Crippen LogP contribution is -2.14. The summed E-state index contributed by atoms with van der Waals surface area (Å²) in [5, 5.41) is 9.63. The number of carbonyl (C=O) groups is 2. The van der Waals surface area contributed by atoms with E-state index in [1.807, 2.05) is 0 Å². The van der Waals surface area contributed by atoms with Crippen molar-refractivity contribution in [2.24, 2.45) is 0 Å². The Kier molecular flexibility index (Phi) is 7.27. The molecule has 0 bridgehead atoms. The SMILES string of the molecule is CO/C=C(/Oc1cccc(COc2ccc(OC)cc2)c1C(=O)O)C(=O)OC. The van der Waals surface area contributed by atoms with Gasteiger partial charge in [-0.3, -0.25) is 0 Å². The van der Waals surface area contributed by atoms with Crippen molar-refractivity contribution in [3.8, 4) is 17.2 Å². The molecule has 2 aromatic carbocycles. The third-order valence-electron chi connectivity index (χ3n) is 3.61. The molecule has 1 N–H and O–H groups in total. The molecule has 0 fully saturated rings. The maximum Gasteiger partial charge on any atom is 0.377 e. The van der Waals surface area contributed by atoms with Gasteiger partial charge in [0, 0.05) is 5.56 Å². The smallest absolute Gasteiger partial charge is 0.377 e. The van der Waals surface area contributed by atoms with Crippen LogP contribution in [-0.4, -0.2) is 38.4 Å². The molecule has 0 aliphatic rings. The van der Waals surface area contributed by atoms with Gasteiger partial charge in [0.15, 0.2) is 0 Å². The standard InChI is InChI=1S/C20H20O8/c1-24-12-17(20(23)26-3)28-16-6-4-5-13(18(16)19(21)22)11-27-15-9-7-14(25-2)8-10-15/h4-10,12H,11H2,1-3H3,(H,21,22)/b17-12+. The van der Waals surface area contributed by atoms with Crippen LogP contribution in [0.1, 0.15) is 15.9 Å². The molecule has 2 aromatic rings. The molecular weight excluding hydrogens is 368 g/mol. The zero-order valence-corrected chi connectivity index (χ0v) is 15.6. The third kappa shape index (κ3) is 5.16. The zero-order valence-electron chi connectivity index (χ0n) is 15.6. The van der Waals surface area contributed by atoms with E-state index in [9.17, 15) is 14.7 Å². The molecule has 0 aliphatic carbocycles. The second-order valence-electron chi connectivity index (χ2n) is 5.37. The summed E-state index contributed by atoms with van der Waals surface area (Å²) in [4.78, 5) is 23.6. The van der Waals surface area contributed by atoms with E-state index in [4.69, 9.17) is 18.9 Å². The molecule has 0 aliphatic heterocycles. The molecule has 0 saturated heterocycles. The Morgan fingerprint density at radius 1 is 1.00 bits per heavy atom. The highest BCUT2D eigenvalue weighted by Gasteiger charge is 2.21. The molecule has 0 atom stereocenters. The zero-order chi connectivity index (χ0) is 20.5. The number of benzene rings is 2. The highest BCUT2D eigenvalue weighted by molar-refractivity contribution is 5.93. The summed E-state index contributed by atoms with van der Waals surface area (Å²) in [6.45, 7) is -0.0211. The van der Waals surface area contributed by atoms with Crippen LogP contribution in [0.25, 0.3) is 0 Å². The van der Waals surface area contributed by atoms with E-state index in [0.717, 1.165) is 6.26 Å². The number of rotatable bonds is 9. The van der Waals surface area contributed by atoms with Crippen molar-refractivity contribution >= 4 is 11.9 Å². The Morgan fingerprint density at radius 2 is 1.68 bits per heavy atom. The van der Waals surface area contributed by atoms with Gasteiger partial charge in [-0.05, 0) is 30.3 Å². The van der Waals surface area contributed by atoms with Gasteiger partial charge in [-0.2, -0.15) is 0 Å². The van der Waals surface area contributed by atoms with Crippen molar-refractivity contribution in [1.82, 2.24) is 0 Å². The summed E-state index contributed by atoms with van der Waals surface area (Å²) in [5.74, 6) is -1.16. The lowest BCUT2D eigenvalue weighted by Gasteiger charge is -2.14. The molecule has 0 aromatic heterocycles. The van der Waals surface area contributed by atoms with E-state index < -0.39 is 11.9 Å². The van der Waals surface area contributed by atoms with Gasteiger partial charge >= 0.3 is 11.9 Å². The van der Waals surface area contributed by atoms with Gasteiger partial charge in [-0.25, -0.2) is 9.59 Å². The fourth-order valence-electron chi connectivity index (χ4n) is 2.30. The summed E-state index contributed by atoms with van der Waals surface area (Å²) in [5.41, 5.74) is 0.226. The molecule has 28 heavy (non-hydrogen) atoms. The molecule has 8 heteroatoms. The Hall–Kier alpha value is -3.68. The molecule has 8 nitrogen and oxygen atoms in total. The Labute approximate surface area is 161 Å². The Morgan fingerprint density at radius 3 is 2.25 bits per heavy atom. The molecular formula is C20H20O8. The first-order valence-corrected chi connectivity index (χ1v) is 8.11. The summed E-state index contributed by atoms with van der Waals surface area (Å²) in [6, 6.07) is 11.5. The van der Waals surface area contributed by atoms with Crippen LogP contribution in [0, 0.1) is 0 Å². The highest BCUT2D eigenvalue weighted by atomic mass is 16.6. The first-order chi connectivity index (χ1) is 13.5. The maximum absolute atomic E-state index is 11.8. The second kappa shape index (κ2) is 9.86. The Balaban J connectivity index is 2.27. The third-order valence-corrected chi connectivity index (χ3v) is 3.61. The number of carboxylic acid groups (broad SMARTS) is 1. The van der Waals surface area contributed by atoms with Crippen LogP contribution in [0.5, 0.6) is 17.2 Å². The number of hydrogen-bond donors (Lipinski definition) is 1. The van der Waals surface area contributed by atoms with Gasteiger partial charge in [-0.15, -0.1) is 0 Å².